The normalized spacial score (nSPS) is 10.5. The summed E-state index contributed by atoms with van der Waals surface area (Å²) in [5, 5.41) is 0. The summed E-state index contributed by atoms with van der Waals surface area (Å²) in [6, 6.07) is 9.53. The maximum absolute atomic E-state index is 12.4. The van der Waals surface area contributed by atoms with E-state index in [1.807, 2.05) is 37.3 Å². The molecule has 2 nitrogen and oxygen atoms in total. The number of carbonyl (C=O) groups excluding carboxylic acids is 1. The standard InChI is InChI=1S/C14H13BrClNOS/c1-9-3-5-11(12(15)7-9)14(18)17(2)8-10-4-6-13(16)19-10/h3-7H,8H2,1-2H3. The summed E-state index contributed by atoms with van der Waals surface area (Å²) in [4.78, 5) is 15.1. The van der Waals surface area contributed by atoms with E-state index in [0.29, 0.717) is 12.1 Å². The van der Waals surface area contributed by atoms with Gasteiger partial charge in [0, 0.05) is 16.4 Å². The number of hydrogen-bond donors (Lipinski definition) is 0. The first-order chi connectivity index (χ1) is 8.97. The predicted molar refractivity (Wildman–Crippen MR) is 84.0 cm³/mol. The molecule has 5 heteroatoms. The van der Waals surface area contributed by atoms with Crippen LogP contribution in [-0.2, 0) is 6.54 Å². The van der Waals surface area contributed by atoms with Crippen molar-refractivity contribution in [2.45, 2.75) is 13.5 Å². The Morgan fingerprint density at radius 1 is 1.37 bits per heavy atom. The van der Waals surface area contributed by atoms with E-state index >= 15 is 0 Å². The molecule has 0 saturated carbocycles. The van der Waals surface area contributed by atoms with E-state index in [9.17, 15) is 4.79 Å². The summed E-state index contributed by atoms with van der Waals surface area (Å²) in [5.74, 6) is -0.00334. The number of carbonyl (C=O) groups is 1. The zero-order valence-corrected chi connectivity index (χ0v) is 13.8. The number of rotatable bonds is 3. The minimum Gasteiger partial charge on any atom is -0.337 e. The van der Waals surface area contributed by atoms with Crippen LogP contribution in [0.5, 0.6) is 0 Å². The molecular formula is C14H13BrClNOS. The third-order valence-corrected chi connectivity index (χ3v) is 4.60. The monoisotopic (exact) mass is 357 g/mol. The Bertz CT molecular complexity index is 611. The van der Waals surface area contributed by atoms with Crippen molar-refractivity contribution < 1.29 is 4.79 Å². The highest BCUT2D eigenvalue weighted by atomic mass is 79.9. The van der Waals surface area contributed by atoms with E-state index in [0.717, 1.165) is 19.2 Å². The second-order valence-electron chi connectivity index (χ2n) is 4.35. The number of nitrogens with zero attached hydrogens (tertiary/aromatic N) is 1. The lowest BCUT2D eigenvalue weighted by Gasteiger charge is -2.17. The summed E-state index contributed by atoms with van der Waals surface area (Å²) < 4.78 is 1.57. The van der Waals surface area contributed by atoms with E-state index in [1.54, 1.807) is 11.9 Å². The van der Waals surface area contributed by atoms with Gasteiger partial charge in [-0.3, -0.25) is 4.79 Å². The molecule has 100 valence electrons. The van der Waals surface area contributed by atoms with Crippen molar-refractivity contribution in [1.82, 2.24) is 4.90 Å². The smallest absolute Gasteiger partial charge is 0.255 e. The highest BCUT2D eigenvalue weighted by molar-refractivity contribution is 9.10. The number of thiophene rings is 1. The van der Waals surface area contributed by atoms with E-state index in [2.05, 4.69) is 15.9 Å². The molecule has 19 heavy (non-hydrogen) atoms. The van der Waals surface area contributed by atoms with Crippen LogP contribution in [0.4, 0.5) is 0 Å². The zero-order valence-electron chi connectivity index (χ0n) is 10.6. The Labute approximate surface area is 130 Å². The molecule has 1 heterocycles. The van der Waals surface area contributed by atoms with Crippen LogP contribution in [0.1, 0.15) is 20.8 Å². The summed E-state index contributed by atoms with van der Waals surface area (Å²) in [5.41, 5.74) is 1.80. The fraction of sp³-hybridized carbons (Fsp3) is 0.214. The molecular weight excluding hydrogens is 346 g/mol. The molecule has 0 atom stereocenters. The summed E-state index contributed by atoms with van der Waals surface area (Å²) >= 11 is 10.8. The van der Waals surface area contributed by atoms with Gasteiger partial charge >= 0.3 is 0 Å². The average Bonchev–Trinajstić information content (AvgIpc) is 2.74. The largest absolute Gasteiger partial charge is 0.337 e. The predicted octanol–water partition coefficient (Wildman–Crippen LogP) is 4.74. The Morgan fingerprint density at radius 2 is 2.11 bits per heavy atom. The molecule has 0 aliphatic rings. The molecule has 0 fully saturated rings. The van der Waals surface area contributed by atoms with Crippen LogP contribution in [0.25, 0.3) is 0 Å². The van der Waals surface area contributed by atoms with E-state index in [4.69, 9.17) is 11.6 Å². The van der Waals surface area contributed by atoms with Crippen LogP contribution in [0, 0.1) is 6.92 Å². The summed E-state index contributed by atoms with van der Waals surface area (Å²) in [6.45, 7) is 2.56. The maximum Gasteiger partial charge on any atom is 0.255 e. The molecule has 2 rings (SSSR count). The van der Waals surface area contributed by atoms with Crippen molar-refractivity contribution in [2.75, 3.05) is 7.05 Å². The number of aryl methyl sites for hydroxylation is 1. The Balaban J connectivity index is 2.14. The first-order valence-electron chi connectivity index (χ1n) is 5.73. The maximum atomic E-state index is 12.4. The minimum absolute atomic E-state index is 0.00334. The molecule has 0 spiro atoms. The van der Waals surface area contributed by atoms with Crippen LogP contribution >= 0.6 is 38.9 Å². The lowest BCUT2D eigenvalue weighted by molar-refractivity contribution is 0.0785. The average molecular weight is 359 g/mol. The number of amides is 1. The van der Waals surface area contributed by atoms with Gasteiger partial charge in [-0.05, 0) is 52.7 Å². The Morgan fingerprint density at radius 3 is 2.68 bits per heavy atom. The fourth-order valence-electron chi connectivity index (χ4n) is 1.74. The van der Waals surface area contributed by atoms with Crippen molar-refractivity contribution in [2.24, 2.45) is 0 Å². The molecule has 0 unspecified atom stereocenters. The van der Waals surface area contributed by atoms with Crippen LogP contribution in [0.15, 0.2) is 34.8 Å². The fourth-order valence-corrected chi connectivity index (χ4v) is 3.55. The first kappa shape index (κ1) is 14.6. The van der Waals surface area contributed by atoms with Crippen LogP contribution < -0.4 is 0 Å². The van der Waals surface area contributed by atoms with Crippen LogP contribution in [0.3, 0.4) is 0 Å². The second kappa shape index (κ2) is 6.07. The summed E-state index contributed by atoms with van der Waals surface area (Å²) in [6.07, 6.45) is 0. The Kier molecular flexibility index (Phi) is 4.66. The van der Waals surface area contributed by atoms with Gasteiger partial charge in [0.1, 0.15) is 0 Å². The Hall–Kier alpha value is -0.840. The van der Waals surface area contributed by atoms with Crippen molar-refractivity contribution in [3.05, 3.63) is 55.1 Å². The lowest BCUT2D eigenvalue weighted by Crippen LogP contribution is -2.26. The van der Waals surface area contributed by atoms with Gasteiger partial charge in [-0.25, -0.2) is 0 Å². The third kappa shape index (κ3) is 3.59. The van der Waals surface area contributed by atoms with Gasteiger partial charge in [0.15, 0.2) is 0 Å². The highest BCUT2D eigenvalue weighted by Crippen LogP contribution is 2.24. The van der Waals surface area contributed by atoms with Crippen molar-refractivity contribution >= 4 is 44.8 Å². The zero-order chi connectivity index (χ0) is 14.0. The molecule has 1 aromatic heterocycles. The van der Waals surface area contributed by atoms with Gasteiger partial charge in [-0.15, -0.1) is 11.3 Å². The highest BCUT2D eigenvalue weighted by Gasteiger charge is 2.15. The van der Waals surface area contributed by atoms with Crippen molar-refractivity contribution in [3.8, 4) is 0 Å². The second-order valence-corrected chi connectivity index (χ2v) is 7.00. The topological polar surface area (TPSA) is 20.3 Å². The number of hydrogen-bond acceptors (Lipinski definition) is 2. The molecule has 0 radical (unpaired) electrons. The van der Waals surface area contributed by atoms with E-state index in [-0.39, 0.29) is 5.91 Å². The van der Waals surface area contributed by atoms with Gasteiger partial charge in [0.05, 0.1) is 16.4 Å². The molecule has 0 saturated heterocycles. The molecule has 2 aromatic rings. The van der Waals surface area contributed by atoms with Crippen LogP contribution in [-0.4, -0.2) is 17.9 Å². The van der Waals surface area contributed by atoms with E-state index < -0.39 is 0 Å². The minimum atomic E-state index is -0.00334. The number of benzene rings is 1. The quantitative estimate of drug-likeness (QED) is 0.775. The van der Waals surface area contributed by atoms with Gasteiger partial charge in [0.2, 0.25) is 0 Å². The lowest BCUT2D eigenvalue weighted by atomic mass is 10.1. The SMILES string of the molecule is Cc1ccc(C(=O)N(C)Cc2ccc(Cl)s2)c(Br)c1. The van der Waals surface area contributed by atoms with Gasteiger partial charge < -0.3 is 4.90 Å². The van der Waals surface area contributed by atoms with Gasteiger partial charge in [0.25, 0.3) is 5.91 Å². The number of halogens is 2. The van der Waals surface area contributed by atoms with Crippen LogP contribution in [0.2, 0.25) is 4.34 Å². The van der Waals surface area contributed by atoms with Crippen molar-refractivity contribution in [1.29, 1.82) is 0 Å². The van der Waals surface area contributed by atoms with E-state index in [1.165, 1.54) is 11.3 Å². The molecule has 0 bridgehead atoms. The third-order valence-electron chi connectivity index (χ3n) is 2.72. The molecule has 1 amide bonds. The molecule has 1 aromatic carbocycles. The first-order valence-corrected chi connectivity index (χ1v) is 7.72. The summed E-state index contributed by atoms with van der Waals surface area (Å²) in [7, 11) is 1.79. The molecule has 0 aliphatic carbocycles. The van der Waals surface area contributed by atoms with Gasteiger partial charge in [-0.2, -0.15) is 0 Å². The van der Waals surface area contributed by atoms with Crippen molar-refractivity contribution in [3.63, 3.8) is 0 Å². The van der Waals surface area contributed by atoms with Gasteiger partial charge in [-0.1, -0.05) is 17.7 Å². The molecule has 0 aliphatic heterocycles. The molecule has 0 N–H and O–H groups in total.